The lowest BCUT2D eigenvalue weighted by Gasteiger charge is -2.22. The van der Waals surface area contributed by atoms with Crippen molar-refractivity contribution >= 4 is 40.4 Å². The summed E-state index contributed by atoms with van der Waals surface area (Å²) in [6.07, 6.45) is 4.66. The predicted octanol–water partition coefficient (Wildman–Crippen LogP) is 6.29. The van der Waals surface area contributed by atoms with Crippen LogP contribution in [0.15, 0.2) is 82.5 Å². The van der Waals surface area contributed by atoms with E-state index in [0.717, 1.165) is 4.88 Å². The van der Waals surface area contributed by atoms with Crippen molar-refractivity contribution in [3.8, 4) is 22.5 Å². The first kappa shape index (κ1) is 28.3. The Labute approximate surface area is 245 Å². The summed E-state index contributed by atoms with van der Waals surface area (Å²) in [5.41, 5.74) is 0.593. The average Bonchev–Trinajstić information content (AvgIpc) is 3.71. The van der Waals surface area contributed by atoms with E-state index in [2.05, 4.69) is 10.1 Å². The lowest BCUT2D eigenvalue weighted by Crippen LogP contribution is -2.31. The van der Waals surface area contributed by atoms with Crippen LogP contribution in [-0.4, -0.2) is 38.1 Å². The Morgan fingerprint density at radius 3 is 2.51 bits per heavy atom. The SMILES string of the molecule is CN(Cc1ccc(Cl)s1)c1cc(-c2cc(-c3ccccn3)cn(CC(=O)c3ccco3)c2=O)nn1C(=O)C(C)(C)C. The zero-order chi connectivity index (χ0) is 29.3. The second-order valence-corrected chi connectivity index (χ2v) is 12.4. The third-order valence-electron chi connectivity index (χ3n) is 6.37. The molecule has 41 heavy (non-hydrogen) atoms. The molecule has 0 aromatic carbocycles. The van der Waals surface area contributed by atoms with Gasteiger partial charge in [0.25, 0.3) is 11.5 Å². The van der Waals surface area contributed by atoms with Gasteiger partial charge in [-0.15, -0.1) is 11.3 Å². The van der Waals surface area contributed by atoms with E-state index in [0.29, 0.717) is 33.7 Å². The number of hydrogen-bond donors (Lipinski definition) is 0. The fourth-order valence-corrected chi connectivity index (χ4v) is 5.41. The number of anilines is 1. The molecule has 0 aliphatic carbocycles. The van der Waals surface area contributed by atoms with Crippen LogP contribution >= 0.6 is 22.9 Å². The summed E-state index contributed by atoms with van der Waals surface area (Å²) in [5, 5.41) is 4.65. The molecule has 0 saturated heterocycles. The number of rotatable bonds is 8. The molecule has 11 heteroatoms. The van der Waals surface area contributed by atoms with Crippen LogP contribution in [0.1, 0.15) is 41.0 Å². The summed E-state index contributed by atoms with van der Waals surface area (Å²) < 4.78 is 8.59. The smallest absolute Gasteiger partial charge is 0.260 e. The van der Waals surface area contributed by atoms with Gasteiger partial charge in [0.05, 0.1) is 34.9 Å². The summed E-state index contributed by atoms with van der Waals surface area (Å²) in [6, 6.07) is 15.8. The Kier molecular flexibility index (Phi) is 7.79. The van der Waals surface area contributed by atoms with E-state index in [4.69, 9.17) is 16.0 Å². The van der Waals surface area contributed by atoms with Gasteiger partial charge in [0.2, 0.25) is 5.78 Å². The second kappa shape index (κ2) is 11.3. The molecule has 0 fully saturated rings. The number of halogens is 1. The predicted molar refractivity (Wildman–Crippen MR) is 160 cm³/mol. The van der Waals surface area contributed by atoms with Gasteiger partial charge in [0.1, 0.15) is 11.5 Å². The van der Waals surface area contributed by atoms with E-state index in [1.165, 1.54) is 26.8 Å². The standard InChI is InChI=1S/C30H28ClN5O4S/c1-30(2,3)29(39)36-27(34(4)17-20-10-11-26(31)41-20)15-23(33-36)21-14-19(22-8-5-6-12-32-22)16-35(28(21)38)18-24(37)25-9-7-13-40-25/h5-16H,17-18H2,1-4H3. The first-order valence-corrected chi connectivity index (χ1v) is 14.0. The Balaban J connectivity index is 1.64. The molecule has 5 aromatic rings. The maximum Gasteiger partial charge on any atom is 0.260 e. The molecule has 0 saturated carbocycles. The highest BCUT2D eigenvalue weighted by Gasteiger charge is 2.29. The number of thiophene rings is 1. The Hall–Kier alpha value is -4.28. The molecule has 5 aromatic heterocycles. The molecule has 0 N–H and O–H groups in total. The molecule has 0 aliphatic rings. The second-order valence-electron chi connectivity index (χ2n) is 10.6. The molecule has 5 rings (SSSR count). The average molecular weight is 590 g/mol. The number of carbonyl (C=O) groups excluding carboxylic acids is 2. The van der Waals surface area contributed by atoms with Gasteiger partial charge >= 0.3 is 0 Å². The van der Waals surface area contributed by atoms with Crippen LogP contribution in [0, 0.1) is 5.41 Å². The van der Waals surface area contributed by atoms with E-state index in [9.17, 15) is 14.4 Å². The molecule has 9 nitrogen and oxygen atoms in total. The lowest BCUT2D eigenvalue weighted by molar-refractivity contribution is 0.0751. The number of aromatic nitrogens is 4. The van der Waals surface area contributed by atoms with Gasteiger partial charge in [-0.25, -0.2) is 0 Å². The Morgan fingerprint density at radius 2 is 1.88 bits per heavy atom. The van der Waals surface area contributed by atoms with Gasteiger partial charge in [0, 0.05) is 41.4 Å². The summed E-state index contributed by atoms with van der Waals surface area (Å²) in [5.74, 6) is 0.0818. The van der Waals surface area contributed by atoms with Crippen LogP contribution in [0.3, 0.4) is 0 Å². The van der Waals surface area contributed by atoms with Crippen molar-refractivity contribution in [2.24, 2.45) is 5.41 Å². The zero-order valence-corrected chi connectivity index (χ0v) is 24.6. The van der Waals surface area contributed by atoms with E-state index in [-0.39, 0.29) is 29.6 Å². The maximum atomic E-state index is 13.8. The molecule has 0 bridgehead atoms. The highest BCUT2D eigenvalue weighted by atomic mass is 35.5. The summed E-state index contributed by atoms with van der Waals surface area (Å²) in [4.78, 5) is 47.5. The first-order chi connectivity index (χ1) is 19.5. The Morgan fingerprint density at radius 1 is 1.07 bits per heavy atom. The highest BCUT2D eigenvalue weighted by molar-refractivity contribution is 7.16. The van der Waals surface area contributed by atoms with Gasteiger partial charge in [-0.2, -0.15) is 9.78 Å². The quantitative estimate of drug-likeness (QED) is 0.196. The normalized spacial score (nSPS) is 11.5. The molecule has 5 heterocycles. The van der Waals surface area contributed by atoms with Crippen molar-refractivity contribution in [1.29, 1.82) is 0 Å². The van der Waals surface area contributed by atoms with Gasteiger partial charge in [-0.05, 0) is 42.5 Å². The van der Waals surface area contributed by atoms with E-state index >= 15 is 0 Å². The Bertz CT molecular complexity index is 1760. The largest absolute Gasteiger partial charge is 0.461 e. The fraction of sp³-hybridized carbons (Fsp3) is 0.233. The number of ketones is 1. The minimum Gasteiger partial charge on any atom is -0.461 e. The number of hydrogen-bond acceptors (Lipinski definition) is 8. The molecule has 0 atom stereocenters. The van der Waals surface area contributed by atoms with Crippen molar-refractivity contribution in [1.82, 2.24) is 19.3 Å². The van der Waals surface area contributed by atoms with Gasteiger partial charge in [0.15, 0.2) is 5.76 Å². The van der Waals surface area contributed by atoms with E-state index in [1.807, 2.05) is 57.0 Å². The number of furan rings is 1. The van der Waals surface area contributed by atoms with Crippen LogP contribution in [-0.2, 0) is 13.1 Å². The summed E-state index contributed by atoms with van der Waals surface area (Å²) in [6.45, 7) is 5.68. The van der Waals surface area contributed by atoms with Crippen molar-refractivity contribution < 1.29 is 14.0 Å². The topological polar surface area (TPSA) is 103 Å². The van der Waals surface area contributed by atoms with Crippen molar-refractivity contribution in [3.05, 3.63) is 98.6 Å². The van der Waals surface area contributed by atoms with Crippen LogP contribution in [0.4, 0.5) is 5.82 Å². The molecular formula is C30H28ClN5O4S. The monoisotopic (exact) mass is 589 g/mol. The van der Waals surface area contributed by atoms with Crippen LogP contribution < -0.4 is 10.5 Å². The van der Waals surface area contributed by atoms with Gasteiger partial charge in [-0.1, -0.05) is 38.4 Å². The molecule has 0 spiro atoms. The van der Waals surface area contributed by atoms with E-state index in [1.54, 1.807) is 42.7 Å². The third-order valence-corrected chi connectivity index (χ3v) is 7.59. The number of carbonyl (C=O) groups is 2. The number of Topliss-reactive ketones (excluding diaryl/α,β-unsaturated/α-hetero) is 1. The molecule has 210 valence electrons. The van der Waals surface area contributed by atoms with Crippen molar-refractivity contribution in [2.45, 2.75) is 33.9 Å². The molecule has 0 amide bonds. The van der Waals surface area contributed by atoms with Crippen LogP contribution in [0.25, 0.3) is 22.5 Å². The minimum absolute atomic E-state index is 0.152. The zero-order valence-electron chi connectivity index (χ0n) is 23.0. The van der Waals surface area contributed by atoms with Gasteiger partial charge in [-0.3, -0.25) is 19.4 Å². The number of nitrogens with zero attached hydrogens (tertiary/aromatic N) is 5. The minimum atomic E-state index is -0.739. The van der Waals surface area contributed by atoms with Crippen LogP contribution in [0.5, 0.6) is 0 Å². The first-order valence-electron chi connectivity index (χ1n) is 12.8. The maximum absolute atomic E-state index is 13.8. The van der Waals surface area contributed by atoms with Crippen molar-refractivity contribution in [2.75, 3.05) is 11.9 Å². The number of pyridine rings is 2. The van der Waals surface area contributed by atoms with E-state index < -0.39 is 11.0 Å². The van der Waals surface area contributed by atoms with Crippen molar-refractivity contribution in [3.63, 3.8) is 0 Å². The highest BCUT2D eigenvalue weighted by Crippen LogP contribution is 2.30. The molecular weight excluding hydrogens is 562 g/mol. The lowest BCUT2D eigenvalue weighted by atomic mass is 9.96. The fourth-order valence-electron chi connectivity index (χ4n) is 4.27. The molecule has 0 radical (unpaired) electrons. The summed E-state index contributed by atoms with van der Waals surface area (Å²) >= 11 is 7.59. The third kappa shape index (κ3) is 6.08. The summed E-state index contributed by atoms with van der Waals surface area (Å²) in [7, 11) is 1.85. The van der Waals surface area contributed by atoms with Crippen LogP contribution in [0.2, 0.25) is 4.34 Å². The molecule has 0 unspecified atom stereocenters. The van der Waals surface area contributed by atoms with Gasteiger partial charge < -0.3 is 13.9 Å². The molecule has 0 aliphatic heterocycles.